The Balaban J connectivity index is 1.62. The van der Waals surface area contributed by atoms with Crippen molar-refractivity contribution in [1.29, 1.82) is 0 Å². The largest absolute Gasteiger partial charge is 0.341 e. The van der Waals surface area contributed by atoms with Crippen molar-refractivity contribution in [3.63, 3.8) is 0 Å². The fraction of sp³-hybridized carbons (Fsp3) is 0.444. The zero-order valence-corrected chi connectivity index (χ0v) is 13.9. The number of likely N-dealkylation sites (tertiary alicyclic amines) is 1. The summed E-state index contributed by atoms with van der Waals surface area (Å²) in [4.78, 5) is 30.4. The van der Waals surface area contributed by atoms with Crippen molar-refractivity contribution in [2.45, 2.75) is 32.7 Å². The first-order chi connectivity index (χ1) is 11.6. The fourth-order valence-corrected chi connectivity index (χ4v) is 3.20. The van der Waals surface area contributed by atoms with Crippen LogP contribution < -0.4 is 5.56 Å². The molecule has 0 bridgehead atoms. The van der Waals surface area contributed by atoms with Crippen molar-refractivity contribution < 1.29 is 4.79 Å². The molecule has 0 aromatic carbocycles. The van der Waals surface area contributed by atoms with Crippen molar-refractivity contribution in [2.75, 3.05) is 13.1 Å². The number of carbonyl (C=O) groups excluding carboxylic acids is 1. The Labute approximate surface area is 141 Å². The van der Waals surface area contributed by atoms with Gasteiger partial charge in [0.05, 0.1) is 5.69 Å². The number of nitrogens with zero attached hydrogens (tertiary/aromatic N) is 4. The van der Waals surface area contributed by atoms with E-state index in [4.69, 9.17) is 0 Å². The number of rotatable bonds is 4. The van der Waals surface area contributed by atoms with Crippen molar-refractivity contribution in [1.82, 2.24) is 19.7 Å². The minimum atomic E-state index is -0.238. The third kappa shape index (κ3) is 4.07. The highest BCUT2D eigenvalue weighted by Crippen LogP contribution is 2.20. The molecule has 6 nitrogen and oxygen atoms in total. The van der Waals surface area contributed by atoms with E-state index in [1.165, 1.54) is 16.3 Å². The van der Waals surface area contributed by atoms with Crippen LogP contribution in [0.15, 0.2) is 41.5 Å². The lowest BCUT2D eigenvalue weighted by Crippen LogP contribution is -2.43. The summed E-state index contributed by atoms with van der Waals surface area (Å²) < 4.78 is 1.25. The van der Waals surface area contributed by atoms with Gasteiger partial charge in [0.1, 0.15) is 6.54 Å². The summed E-state index contributed by atoms with van der Waals surface area (Å²) in [5, 5.41) is 4.14. The molecule has 1 aliphatic rings. The first-order valence-corrected chi connectivity index (χ1v) is 8.33. The molecule has 1 saturated heterocycles. The summed E-state index contributed by atoms with van der Waals surface area (Å²) in [5.41, 5.74) is 1.70. The number of amides is 1. The molecule has 0 spiro atoms. The van der Waals surface area contributed by atoms with E-state index in [0.29, 0.717) is 5.92 Å². The van der Waals surface area contributed by atoms with Gasteiger partial charge in [-0.25, -0.2) is 4.68 Å². The first kappa shape index (κ1) is 16.4. The first-order valence-electron chi connectivity index (χ1n) is 8.33. The summed E-state index contributed by atoms with van der Waals surface area (Å²) in [6.45, 7) is 3.31. The second kappa shape index (κ2) is 7.38. The van der Waals surface area contributed by atoms with Gasteiger partial charge in [-0.2, -0.15) is 5.10 Å². The number of carbonyl (C=O) groups is 1. The summed E-state index contributed by atoms with van der Waals surface area (Å²) >= 11 is 0. The standard InChI is InChI=1S/C18H22N4O2/c1-14-6-7-17(23)22(20-14)13-18(24)21-9-3-5-16(12-21)10-15-4-2-8-19-11-15/h2,4,6-8,11,16H,3,5,9-10,12-13H2,1H3. The van der Waals surface area contributed by atoms with Gasteiger partial charge < -0.3 is 4.90 Å². The van der Waals surface area contributed by atoms with Gasteiger partial charge in [-0.3, -0.25) is 14.6 Å². The van der Waals surface area contributed by atoms with Crippen LogP contribution in [0.5, 0.6) is 0 Å². The van der Waals surface area contributed by atoms with Crippen LogP contribution in [-0.4, -0.2) is 38.7 Å². The van der Waals surface area contributed by atoms with Gasteiger partial charge in [0.2, 0.25) is 5.91 Å². The average molecular weight is 326 g/mol. The monoisotopic (exact) mass is 326 g/mol. The summed E-state index contributed by atoms with van der Waals surface area (Å²) in [6, 6.07) is 7.13. The molecule has 0 N–H and O–H groups in total. The maximum atomic E-state index is 12.5. The van der Waals surface area contributed by atoms with E-state index in [9.17, 15) is 9.59 Å². The smallest absolute Gasteiger partial charge is 0.267 e. The van der Waals surface area contributed by atoms with Crippen molar-refractivity contribution >= 4 is 5.91 Å². The van der Waals surface area contributed by atoms with Crippen molar-refractivity contribution in [3.8, 4) is 0 Å². The summed E-state index contributed by atoms with van der Waals surface area (Å²) in [5.74, 6) is 0.403. The second-order valence-electron chi connectivity index (χ2n) is 6.38. The summed E-state index contributed by atoms with van der Waals surface area (Å²) in [7, 11) is 0. The van der Waals surface area contributed by atoms with E-state index in [-0.39, 0.29) is 18.0 Å². The molecular formula is C18H22N4O2. The van der Waals surface area contributed by atoms with Crippen LogP contribution in [0.2, 0.25) is 0 Å². The van der Waals surface area contributed by atoms with Crippen LogP contribution in [0.3, 0.4) is 0 Å². The van der Waals surface area contributed by atoms with Crippen molar-refractivity contribution in [2.24, 2.45) is 5.92 Å². The Morgan fingerprint density at radius 1 is 1.33 bits per heavy atom. The lowest BCUT2D eigenvalue weighted by atomic mass is 9.92. The van der Waals surface area contributed by atoms with Gasteiger partial charge in [0.25, 0.3) is 5.56 Å². The zero-order chi connectivity index (χ0) is 16.9. The molecule has 1 unspecified atom stereocenters. The molecule has 2 aromatic heterocycles. The molecule has 1 aliphatic heterocycles. The number of aryl methyl sites for hydroxylation is 1. The van der Waals surface area contributed by atoms with Gasteiger partial charge in [-0.15, -0.1) is 0 Å². The van der Waals surface area contributed by atoms with Crippen LogP contribution in [0.4, 0.5) is 0 Å². The van der Waals surface area contributed by atoms with Gasteiger partial charge in [0, 0.05) is 31.5 Å². The molecule has 0 saturated carbocycles. The van der Waals surface area contributed by atoms with E-state index < -0.39 is 0 Å². The quantitative estimate of drug-likeness (QED) is 0.852. The zero-order valence-electron chi connectivity index (χ0n) is 13.9. The Bertz CT molecular complexity index is 757. The predicted octanol–water partition coefficient (Wildman–Crippen LogP) is 1.43. The Morgan fingerprint density at radius 2 is 2.21 bits per heavy atom. The van der Waals surface area contributed by atoms with E-state index in [1.807, 2.05) is 24.1 Å². The number of hydrogen-bond donors (Lipinski definition) is 0. The molecule has 1 amide bonds. The topological polar surface area (TPSA) is 68.1 Å². The number of piperidine rings is 1. The highest BCUT2D eigenvalue weighted by Gasteiger charge is 2.24. The molecule has 0 radical (unpaired) electrons. The van der Waals surface area contributed by atoms with Crippen LogP contribution in [0, 0.1) is 12.8 Å². The van der Waals surface area contributed by atoms with Crippen LogP contribution in [0.1, 0.15) is 24.1 Å². The van der Waals surface area contributed by atoms with Crippen molar-refractivity contribution in [3.05, 3.63) is 58.3 Å². The Morgan fingerprint density at radius 3 is 3.00 bits per heavy atom. The lowest BCUT2D eigenvalue weighted by Gasteiger charge is -2.33. The van der Waals surface area contributed by atoms with Crippen LogP contribution in [0.25, 0.3) is 0 Å². The molecule has 3 heterocycles. The van der Waals surface area contributed by atoms with E-state index in [2.05, 4.69) is 16.1 Å². The number of hydrogen-bond acceptors (Lipinski definition) is 4. The van der Waals surface area contributed by atoms with E-state index in [1.54, 1.807) is 12.3 Å². The second-order valence-corrected chi connectivity index (χ2v) is 6.38. The number of aromatic nitrogens is 3. The SMILES string of the molecule is Cc1ccc(=O)n(CC(=O)N2CCCC(Cc3cccnc3)C2)n1. The minimum absolute atomic E-state index is 0.0140. The molecule has 3 rings (SSSR count). The van der Waals surface area contributed by atoms with Crippen LogP contribution in [-0.2, 0) is 17.8 Å². The maximum absolute atomic E-state index is 12.5. The normalized spacial score (nSPS) is 17.7. The Hall–Kier alpha value is -2.50. The highest BCUT2D eigenvalue weighted by molar-refractivity contribution is 5.76. The molecule has 6 heteroatoms. The van der Waals surface area contributed by atoms with Gasteiger partial charge in [-0.05, 0) is 49.8 Å². The molecule has 0 aliphatic carbocycles. The Kier molecular flexibility index (Phi) is 5.03. The van der Waals surface area contributed by atoms with Gasteiger partial charge in [-0.1, -0.05) is 6.07 Å². The third-order valence-electron chi connectivity index (χ3n) is 4.40. The molecule has 24 heavy (non-hydrogen) atoms. The van der Waals surface area contributed by atoms with Gasteiger partial charge in [0.15, 0.2) is 0 Å². The fourth-order valence-electron chi connectivity index (χ4n) is 3.20. The molecule has 2 aromatic rings. The minimum Gasteiger partial charge on any atom is -0.341 e. The third-order valence-corrected chi connectivity index (χ3v) is 4.40. The molecular weight excluding hydrogens is 304 g/mol. The highest BCUT2D eigenvalue weighted by atomic mass is 16.2. The van der Waals surface area contributed by atoms with E-state index in [0.717, 1.165) is 38.0 Å². The summed E-state index contributed by atoms with van der Waals surface area (Å²) in [6.07, 6.45) is 6.69. The van der Waals surface area contributed by atoms with E-state index >= 15 is 0 Å². The lowest BCUT2D eigenvalue weighted by molar-refractivity contribution is -0.133. The molecule has 1 fully saturated rings. The average Bonchev–Trinajstić information content (AvgIpc) is 2.59. The van der Waals surface area contributed by atoms with Crippen LogP contribution >= 0.6 is 0 Å². The maximum Gasteiger partial charge on any atom is 0.267 e. The molecule has 126 valence electrons. The molecule has 1 atom stereocenters. The predicted molar refractivity (Wildman–Crippen MR) is 90.5 cm³/mol. The van der Waals surface area contributed by atoms with Gasteiger partial charge >= 0.3 is 0 Å². The number of pyridine rings is 1.